The first-order chi connectivity index (χ1) is 16.2. The number of hydrogen-bond donors (Lipinski definition) is 2. The molecule has 0 saturated carbocycles. The Bertz CT molecular complexity index is 1160. The van der Waals surface area contributed by atoms with Crippen molar-refractivity contribution in [1.82, 2.24) is 4.90 Å². The highest BCUT2D eigenvalue weighted by Gasteiger charge is 2.19. The fourth-order valence-electron chi connectivity index (χ4n) is 4.38. The highest BCUT2D eigenvalue weighted by Crippen LogP contribution is 2.46. The molecule has 5 nitrogen and oxygen atoms in total. The molecular weight excluding hydrogens is 434 g/mol. The molecule has 33 heavy (non-hydrogen) atoms. The molecule has 1 fully saturated rings. The van der Waals surface area contributed by atoms with Crippen LogP contribution in [0.25, 0.3) is 20.5 Å². The van der Waals surface area contributed by atoms with E-state index in [9.17, 15) is 10.2 Å². The highest BCUT2D eigenvalue weighted by molar-refractivity contribution is 7.22. The second-order valence-corrected chi connectivity index (χ2v) is 9.65. The summed E-state index contributed by atoms with van der Waals surface area (Å²) in [4.78, 5) is 3.45. The minimum atomic E-state index is 0.0786. The number of ether oxygens (including phenoxy) is 2. The Morgan fingerprint density at radius 1 is 0.970 bits per heavy atom. The summed E-state index contributed by atoms with van der Waals surface area (Å²) in [5, 5.41) is 20.6. The molecule has 1 aromatic heterocycles. The van der Waals surface area contributed by atoms with Crippen molar-refractivity contribution in [2.75, 3.05) is 26.2 Å². The molecule has 2 N–H and O–H groups in total. The fourth-order valence-corrected chi connectivity index (χ4v) is 5.55. The smallest absolute Gasteiger partial charge is 0.153 e. The molecule has 1 unspecified atom stereocenters. The lowest BCUT2D eigenvalue weighted by Gasteiger charge is -2.27. The average Bonchev–Trinajstić information content (AvgIpc) is 3.18. The number of benzene rings is 2. The van der Waals surface area contributed by atoms with E-state index in [1.54, 1.807) is 35.6 Å². The Hall–Kier alpha value is -2.80. The van der Waals surface area contributed by atoms with Gasteiger partial charge >= 0.3 is 0 Å². The molecule has 2 heterocycles. The quantitative estimate of drug-likeness (QED) is 0.445. The van der Waals surface area contributed by atoms with Crippen LogP contribution in [0.5, 0.6) is 17.2 Å². The zero-order valence-corrected chi connectivity index (χ0v) is 19.4. The predicted molar refractivity (Wildman–Crippen MR) is 133 cm³/mol. The molecule has 1 saturated heterocycles. The maximum absolute atomic E-state index is 9.94. The van der Waals surface area contributed by atoms with Crippen LogP contribution in [0, 0.1) is 0 Å². The van der Waals surface area contributed by atoms with Crippen LogP contribution >= 0.6 is 11.3 Å². The molecule has 6 heteroatoms. The third-order valence-electron chi connectivity index (χ3n) is 6.19. The van der Waals surface area contributed by atoms with Gasteiger partial charge in [0.2, 0.25) is 0 Å². The number of rotatable bonds is 7. The molecule has 3 aromatic rings. The van der Waals surface area contributed by atoms with Gasteiger partial charge in [0.1, 0.15) is 17.3 Å². The Morgan fingerprint density at radius 3 is 2.52 bits per heavy atom. The number of phenolic OH excluding ortho intramolecular Hbond substituents is 2. The molecule has 5 rings (SSSR count). The largest absolute Gasteiger partial charge is 0.508 e. The summed E-state index contributed by atoms with van der Waals surface area (Å²) in [5.74, 6) is 2.01. The second-order valence-electron chi connectivity index (χ2n) is 8.60. The Labute approximate surface area is 198 Å². The second kappa shape index (κ2) is 10.00. The van der Waals surface area contributed by atoms with Gasteiger partial charge in [-0.05, 0) is 92.5 Å². The number of fused-ring (bicyclic) bond motifs is 1. The van der Waals surface area contributed by atoms with Crippen molar-refractivity contribution in [3.05, 3.63) is 66.5 Å². The average molecular weight is 464 g/mol. The Balaban J connectivity index is 1.28. The maximum Gasteiger partial charge on any atom is 0.153 e. The number of likely N-dealkylation sites (tertiary alicyclic amines) is 1. The summed E-state index contributed by atoms with van der Waals surface area (Å²) < 4.78 is 13.4. The zero-order valence-electron chi connectivity index (χ0n) is 18.6. The Kier molecular flexibility index (Phi) is 6.67. The third kappa shape index (κ3) is 5.24. The molecule has 1 atom stereocenters. The van der Waals surface area contributed by atoms with E-state index in [4.69, 9.17) is 9.47 Å². The minimum Gasteiger partial charge on any atom is -0.508 e. The molecule has 1 aliphatic carbocycles. The number of piperidine rings is 1. The molecule has 0 bridgehead atoms. The van der Waals surface area contributed by atoms with E-state index in [1.807, 2.05) is 24.3 Å². The molecule has 2 aromatic carbocycles. The topological polar surface area (TPSA) is 62.2 Å². The van der Waals surface area contributed by atoms with Crippen LogP contribution in [0.2, 0.25) is 0 Å². The third-order valence-corrected chi connectivity index (χ3v) is 7.37. The normalized spacial score (nSPS) is 19.0. The number of phenols is 2. The molecule has 0 spiro atoms. The lowest BCUT2D eigenvalue weighted by molar-refractivity contribution is 0.0604. The molecule has 0 amide bonds. The monoisotopic (exact) mass is 463 g/mol. The van der Waals surface area contributed by atoms with Crippen molar-refractivity contribution in [3.8, 4) is 27.7 Å². The van der Waals surface area contributed by atoms with E-state index in [0.717, 1.165) is 51.6 Å². The van der Waals surface area contributed by atoms with Gasteiger partial charge in [0, 0.05) is 16.6 Å². The van der Waals surface area contributed by atoms with Crippen molar-refractivity contribution < 1.29 is 19.7 Å². The van der Waals surface area contributed by atoms with Crippen LogP contribution in [0.1, 0.15) is 25.7 Å². The first-order valence-electron chi connectivity index (χ1n) is 11.6. The van der Waals surface area contributed by atoms with Gasteiger partial charge in [-0.15, -0.1) is 11.3 Å². The van der Waals surface area contributed by atoms with E-state index >= 15 is 0 Å². The molecule has 1 aliphatic heterocycles. The summed E-state index contributed by atoms with van der Waals surface area (Å²) in [7, 11) is 0. The van der Waals surface area contributed by atoms with Gasteiger partial charge in [0.25, 0.3) is 0 Å². The summed E-state index contributed by atoms with van der Waals surface area (Å²) in [6.45, 7) is 4.14. The number of allylic oxidation sites excluding steroid dienone is 1. The first-order valence-corrected chi connectivity index (χ1v) is 12.4. The molecular formula is C27H29NO4S. The van der Waals surface area contributed by atoms with Crippen LogP contribution in [0.3, 0.4) is 0 Å². The van der Waals surface area contributed by atoms with Crippen molar-refractivity contribution >= 4 is 21.4 Å². The van der Waals surface area contributed by atoms with Gasteiger partial charge in [0.15, 0.2) is 5.75 Å². The van der Waals surface area contributed by atoms with Gasteiger partial charge in [0.05, 0.1) is 17.6 Å². The summed E-state index contributed by atoms with van der Waals surface area (Å²) in [6.07, 6.45) is 11.0. The molecule has 2 aliphatic rings. The zero-order chi connectivity index (χ0) is 22.6. The van der Waals surface area contributed by atoms with Gasteiger partial charge in [-0.2, -0.15) is 0 Å². The maximum atomic E-state index is 9.94. The van der Waals surface area contributed by atoms with Crippen molar-refractivity contribution in [1.29, 1.82) is 0 Å². The SMILES string of the molecule is Oc1ccc(-c2sc3cc(O)ccc3c2OC2=CCC(OCCN3CCCCC3)C=C2)cc1. The van der Waals surface area contributed by atoms with E-state index in [-0.39, 0.29) is 17.6 Å². The van der Waals surface area contributed by atoms with E-state index in [0.29, 0.717) is 0 Å². The van der Waals surface area contributed by atoms with Crippen LogP contribution in [0.4, 0.5) is 0 Å². The number of aromatic hydroxyl groups is 2. The summed E-state index contributed by atoms with van der Waals surface area (Å²) >= 11 is 1.56. The lowest BCUT2D eigenvalue weighted by atomic mass is 10.1. The van der Waals surface area contributed by atoms with Crippen molar-refractivity contribution in [3.63, 3.8) is 0 Å². The minimum absolute atomic E-state index is 0.0786. The predicted octanol–water partition coefficient (Wildman–Crippen LogP) is 6.07. The fraction of sp³-hybridized carbons (Fsp3) is 0.333. The Morgan fingerprint density at radius 2 is 1.76 bits per heavy atom. The molecule has 0 radical (unpaired) electrons. The summed E-state index contributed by atoms with van der Waals surface area (Å²) in [6, 6.07) is 12.4. The van der Waals surface area contributed by atoms with E-state index in [1.165, 1.54) is 32.4 Å². The van der Waals surface area contributed by atoms with Crippen molar-refractivity contribution in [2.45, 2.75) is 31.8 Å². The van der Waals surface area contributed by atoms with Gasteiger partial charge < -0.3 is 24.6 Å². The number of nitrogens with zero attached hydrogens (tertiary/aromatic N) is 1. The van der Waals surface area contributed by atoms with Gasteiger partial charge in [-0.25, -0.2) is 0 Å². The number of thiophene rings is 1. The van der Waals surface area contributed by atoms with Gasteiger partial charge in [-0.3, -0.25) is 0 Å². The highest BCUT2D eigenvalue weighted by atomic mass is 32.1. The van der Waals surface area contributed by atoms with Crippen LogP contribution < -0.4 is 4.74 Å². The molecule has 172 valence electrons. The standard InChI is InChI=1S/C27H29NO4S/c29-20-6-4-19(5-7-20)27-26(24-13-8-21(30)18-25(24)33-27)32-23-11-9-22(10-12-23)31-17-16-28-14-2-1-3-15-28/h4-9,11-13,18,22,29-30H,1-3,10,14-17H2. The van der Waals surface area contributed by atoms with E-state index in [2.05, 4.69) is 17.1 Å². The first kappa shape index (κ1) is 22.0. The lowest BCUT2D eigenvalue weighted by Crippen LogP contribution is -2.33. The summed E-state index contributed by atoms with van der Waals surface area (Å²) in [5.41, 5.74) is 0.961. The number of hydrogen-bond acceptors (Lipinski definition) is 6. The van der Waals surface area contributed by atoms with Crippen LogP contribution in [-0.4, -0.2) is 47.5 Å². The van der Waals surface area contributed by atoms with Crippen molar-refractivity contribution in [2.24, 2.45) is 0 Å². The van der Waals surface area contributed by atoms with E-state index < -0.39 is 0 Å². The van der Waals surface area contributed by atoms with Crippen LogP contribution in [0.15, 0.2) is 66.5 Å². The van der Waals surface area contributed by atoms with Crippen LogP contribution in [-0.2, 0) is 4.74 Å². The van der Waals surface area contributed by atoms with Gasteiger partial charge in [-0.1, -0.05) is 12.5 Å².